The highest BCUT2D eigenvalue weighted by atomic mass is 19.1. The van der Waals surface area contributed by atoms with Gasteiger partial charge in [0, 0.05) is 31.3 Å². The molecule has 120 valence electrons. The molecule has 0 radical (unpaired) electrons. The van der Waals surface area contributed by atoms with Gasteiger partial charge in [0.05, 0.1) is 0 Å². The van der Waals surface area contributed by atoms with Crippen LogP contribution in [0.5, 0.6) is 0 Å². The molecule has 0 spiro atoms. The molecule has 2 N–H and O–H groups in total. The first kappa shape index (κ1) is 16.4. The first-order chi connectivity index (χ1) is 10.6. The second-order valence-electron chi connectivity index (χ2n) is 5.43. The molecule has 0 bridgehead atoms. The molecule has 1 fully saturated rings. The smallest absolute Gasteiger partial charge is 0.312 e. The van der Waals surface area contributed by atoms with Crippen LogP contribution in [0, 0.1) is 5.82 Å². The lowest BCUT2D eigenvalue weighted by molar-refractivity contribution is -0.148. The molecule has 1 aromatic rings. The Kier molecular flexibility index (Phi) is 5.89. The number of aliphatic hydroxyl groups excluding tert-OH is 1. The standard InChI is InChI=1S/C16H21FN2O3/c17-14-7-2-1-5-12(14)11-18-15(21)16(22)19-9-4-3-6-13(19)8-10-20/h1-2,5,7,13,20H,3-4,6,8-11H2,(H,18,21). The first-order valence-corrected chi connectivity index (χ1v) is 7.56. The molecule has 0 aliphatic carbocycles. The molecule has 1 aliphatic rings. The molecule has 6 heteroatoms. The van der Waals surface area contributed by atoms with Gasteiger partial charge in [-0.25, -0.2) is 4.39 Å². The zero-order valence-electron chi connectivity index (χ0n) is 12.4. The fourth-order valence-electron chi connectivity index (χ4n) is 2.74. The molecule has 5 nitrogen and oxygen atoms in total. The van der Waals surface area contributed by atoms with E-state index in [4.69, 9.17) is 5.11 Å². The molecule has 0 aromatic heterocycles. The zero-order valence-corrected chi connectivity index (χ0v) is 12.4. The molecule has 1 heterocycles. The molecule has 2 rings (SSSR count). The van der Waals surface area contributed by atoms with Gasteiger partial charge in [0.1, 0.15) is 5.82 Å². The quantitative estimate of drug-likeness (QED) is 0.821. The normalized spacial score (nSPS) is 18.1. The van der Waals surface area contributed by atoms with Crippen LogP contribution in [0.3, 0.4) is 0 Å². The van der Waals surface area contributed by atoms with Gasteiger partial charge in [-0.15, -0.1) is 0 Å². The molecule has 1 saturated heterocycles. The number of carbonyl (C=O) groups excluding carboxylic acids is 2. The van der Waals surface area contributed by atoms with Crippen LogP contribution < -0.4 is 5.32 Å². The van der Waals surface area contributed by atoms with Crippen LogP contribution in [-0.4, -0.2) is 41.0 Å². The number of nitrogens with one attached hydrogen (secondary N) is 1. The van der Waals surface area contributed by atoms with Gasteiger partial charge in [-0.05, 0) is 31.7 Å². The molecule has 1 unspecified atom stereocenters. The molecular weight excluding hydrogens is 287 g/mol. The number of hydrogen-bond acceptors (Lipinski definition) is 3. The van der Waals surface area contributed by atoms with E-state index in [1.807, 2.05) is 0 Å². The van der Waals surface area contributed by atoms with Crippen molar-refractivity contribution >= 4 is 11.8 Å². The second kappa shape index (κ2) is 7.89. The summed E-state index contributed by atoms with van der Waals surface area (Å²) in [7, 11) is 0. The summed E-state index contributed by atoms with van der Waals surface area (Å²) < 4.78 is 13.5. The van der Waals surface area contributed by atoms with E-state index in [0.29, 0.717) is 18.5 Å². The number of carbonyl (C=O) groups is 2. The highest BCUT2D eigenvalue weighted by Gasteiger charge is 2.30. The topological polar surface area (TPSA) is 69.6 Å². The fourth-order valence-corrected chi connectivity index (χ4v) is 2.74. The summed E-state index contributed by atoms with van der Waals surface area (Å²) >= 11 is 0. The van der Waals surface area contributed by atoms with Crippen molar-refractivity contribution < 1.29 is 19.1 Å². The van der Waals surface area contributed by atoms with Crippen LogP contribution in [-0.2, 0) is 16.1 Å². The summed E-state index contributed by atoms with van der Waals surface area (Å²) in [6.07, 6.45) is 3.12. The highest BCUT2D eigenvalue weighted by Crippen LogP contribution is 2.19. The largest absolute Gasteiger partial charge is 0.396 e. The van der Waals surface area contributed by atoms with Gasteiger partial charge in [-0.1, -0.05) is 18.2 Å². The molecule has 0 saturated carbocycles. The molecule has 1 aromatic carbocycles. The van der Waals surface area contributed by atoms with E-state index in [1.54, 1.807) is 18.2 Å². The van der Waals surface area contributed by atoms with Crippen molar-refractivity contribution in [1.82, 2.24) is 10.2 Å². The number of hydrogen-bond donors (Lipinski definition) is 2. The monoisotopic (exact) mass is 308 g/mol. The Morgan fingerprint density at radius 1 is 1.32 bits per heavy atom. The lowest BCUT2D eigenvalue weighted by Gasteiger charge is -2.35. The SMILES string of the molecule is O=C(NCc1ccccc1F)C(=O)N1CCCCC1CCO. The average molecular weight is 308 g/mol. The van der Waals surface area contributed by atoms with Gasteiger partial charge >= 0.3 is 11.8 Å². The van der Waals surface area contributed by atoms with Gasteiger partial charge < -0.3 is 15.3 Å². The van der Waals surface area contributed by atoms with E-state index < -0.39 is 17.6 Å². The number of piperidine rings is 1. The number of nitrogens with zero attached hydrogens (tertiary/aromatic N) is 1. The third-order valence-electron chi connectivity index (χ3n) is 3.94. The number of amides is 2. The van der Waals surface area contributed by atoms with E-state index >= 15 is 0 Å². The maximum atomic E-state index is 13.5. The van der Waals surface area contributed by atoms with Crippen LogP contribution in [0.25, 0.3) is 0 Å². The molecule has 2 amide bonds. The van der Waals surface area contributed by atoms with Crippen molar-refractivity contribution in [3.8, 4) is 0 Å². The Labute approximate surface area is 129 Å². The summed E-state index contributed by atoms with van der Waals surface area (Å²) in [6, 6.07) is 6.03. The van der Waals surface area contributed by atoms with E-state index in [1.165, 1.54) is 11.0 Å². The Morgan fingerprint density at radius 3 is 2.82 bits per heavy atom. The summed E-state index contributed by atoms with van der Waals surface area (Å²) in [5.74, 6) is -1.74. The lowest BCUT2D eigenvalue weighted by Crippen LogP contribution is -2.50. The minimum absolute atomic E-state index is 0.00864. The molecule has 22 heavy (non-hydrogen) atoms. The van der Waals surface area contributed by atoms with Gasteiger partial charge in [0.25, 0.3) is 0 Å². The van der Waals surface area contributed by atoms with Crippen molar-refractivity contribution in [3.05, 3.63) is 35.6 Å². The van der Waals surface area contributed by atoms with Crippen LogP contribution in [0.1, 0.15) is 31.2 Å². The summed E-state index contributed by atoms with van der Waals surface area (Å²) in [5.41, 5.74) is 0.342. The maximum absolute atomic E-state index is 13.5. The predicted molar refractivity (Wildman–Crippen MR) is 79.3 cm³/mol. The Hall–Kier alpha value is -1.95. The van der Waals surface area contributed by atoms with Crippen molar-refractivity contribution in [2.24, 2.45) is 0 Å². The zero-order chi connectivity index (χ0) is 15.9. The number of benzene rings is 1. The summed E-state index contributed by atoms with van der Waals surface area (Å²) in [4.78, 5) is 25.7. The molecule has 1 atom stereocenters. The number of likely N-dealkylation sites (tertiary alicyclic amines) is 1. The number of rotatable bonds is 4. The van der Waals surface area contributed by atoms with Crippen molar-refractivity contribution in [2.45, 2.75) is 38.3 Å². The van der Waals surface area contributed by atoms with E-state index in [9.17, 15) is 14.0 Å². The number of halogens is 1. The third-order valence-corrected chi connectivity index (χ3v) is 3.94. The van der Waals surface area contributed by atoms with Crippen molar-refractivity contribution in [3.63, 3.8) is 0 Å². The van der Waals surface area contributed by atoms with Crippen molar-refractivity contribution in [1.29, 1.82) is 0 Å². The van der Waals surface area contributed by atoms with Crippen molar-refractivity contribution in [2.75, 3.05) is 13.2 Å². The van der Waals surface area contributed by atoms with Gasteiger partial charge in [0.15, 0.2) is 0 Å². The summed E-state index contributed by atoms with van der Waals surface area (Å²) in [6.45, 7) is 0.498. The van der Waals surface area contributed by atoms with Crippen LogP contribution in [0.4, 0.5) is 4.39 Å². The lowest BCUT2D eigenvalue weighted by atomic mass is 9.99. The minimum atomic E-state index is -0.729. The molecule has 1 aliphatic heterocycles. The number of aliphatic hydroxyl groups is 1. The van der Waals surface area contributed by atoms with Gasteiger partial charge in [-0.2, -0.15) is 0 Å². The predicted octanol–water partition coefficient (Wildman–Crippen LogP) is 1.21. The third kappa shape index (κ3) is 4.04. The average Bonchev–Trinajstić information content (AvgIpc) is 2.54. The van der Waals surface area contributed by atoms with Gasteiger partial charge in [-0.3, -0.25) is 9.59 Å². The summed E-state index contributed by atoms with van der Waals surface area (Å²) in [5, 5.41) is 11.5. The Bertz CT molecular complexity index is 534. The highest BCUT2D eigenvalue weighted by molar-refractivity contribution is 6.35. The van der Waals surface area contributed by atoms with E-state index in [-0.39, 0.29) is 19.2 Å². The fraction of sp³-hybridized carbons (Fsp3) is 0.500. The van der Waals surface area contributed by atoms with Gasteiger partial charge in [0.2, 0.25) is 0 Å². The second-order valence-corrected chi connectivity index (χ2v) is 5.43. The van der Waals surface area contributed by atoms with Crippen LogP contribution in [0.2, 0.25) is 0 Å². The van der Waals surface area contributed by atoms with Crippen LogP contribution in [0.15, 0.2) is 24.3 Å². The Balaban J connectivity index is 1.93. The first-order valence-electron chi connectivity index (χ1n) is 7.56. The minimum Gasteiger partial charge on any atom is -0.396 e. The maximum Gasteiger partial charge on any atom is 0.312 e. The Morgan fingerprint density at radius 2 is 2.09 bits per heavy atom. The van der Waals surface area contributed by atoms with E-state index in [2.05, 4.69) is 5.32 Å². The van der Waals surface area contributed by atoms with E-state index in [0.717, 1.165) is 19.3 Å². The van der Waals surface area contributed by atoms with Crippen LogP contribution >= 0.6 is 0 Å². The molecular formula is C16H21FN2O3.